The van der Waals surface area contributed by atoms with E-state index in [9.17, 15) is 13.2 Å². The summed E-state index contributed by atoms with van der Waals surface area (Å²) in [4.78, 5) is 16.6. The van der Waals surface area contributed by atoms with Crippen LogP contribution in [0.3, 0.4) is 0 Å². The summed E-state index contributed by atoms with van der Waals surface area (Å²) in [6.45, 7) is -0.312. The zero-order valence-corrected chi connectivity index (χ0v) is 15.2. The van der Waals surface area contributed by atoms with E-state index in [1.54, 1.807) is 42.6 Å². The Balaban J connectivity index is 1.66. The highest BCUT2D eigenvalue weighted by atomic mass is 79.9. The topological polar surface area (TPSA) is 79.4 Å². The van der Waals surface area contributed by atoms with Gasteiger partial charge in [0.1, 0.15) is 12.4 Å². The molecule has 6 nitrogen and oxygen atoms in total. The molecule has 2 heterocycles. The van der Waals surface area contributed by atoms with Gasteiger partial charge in [0.15, 0.2) is 0 Å². The zero-order valence-electron chi connectivity index (χ0n) is 12.8. The van der Waals surface area contributed by atoms with Gasteiger partial charge in [0.25, 0.3) is 10.0 Å². The van der Waals surface area contributed by atoms with Crippen molar-refractivity contribution in [2.24, 2.45) is 0 Å². The van der Waals surface area contributed by atoms with E-state index in [0.29, 0.717) is 16.9 Å². The van der Waals surface area contributed by atoms with Crippen LogP contribution in [0.2, 0.25) is 0 Å². The third-order valence-electron chi connectivity index (χ3n) is 3.96. The van der Waals surface area contributed by atoms with Gasteiger partial charge in [-0.25, -0.2) is 13.4 Å². The Bertz CT molecular complexity index is 1090. The number of halogens is 1. The molecule has 0 unspecified atom stereocenters. The summed E-state index contributed by atoms with van der Waals surface area (Å²) >= 11 is 3.27. The molecule has 4 rings (SSSR count). The molecule has 25 heavy (non-hydrogen) atoms. The zero-order chi connectivity index (χ0) is 17.6. The first-order chi connectivity index (χ1) is 12.0. The Hall–Kier alpha value is -2.45. The molecular weight excluding hydrogens is 406 g/mol. The lowest BCUT2D eigenvalue weighted by Crippen LogP contribution is -2.35. The van der Waals surface area contributed by atoms with Gasteiger partial charge in [-0.1, -0.05) is 24.3 Å². The number of hydrogen-bond acceptors (Lipinski definition) is 4. The monoisotopic (exact) mass is 417 g/mol. The van der Waals surface area contributed by atoms with Crippen LogP contribution < -0.4 is 9.62 Å². The smallest absolute Gasteiger partial charge is 0.265 e. The summed E-state index contributed by atoms with van der Waals surface area (Å²) in [5.41, 5.74) is 0.520. The molecule has 0 saturated carbocycles. The van der Waals surface area contributed by atoms with Gasteiger partial charge >= 0.3 is 0 Å². The highest BCUT2D eigenvalue weighted by molar-refractivity contribution is 9.10. The van der Waals surface area contributed by atoms with E-state index in [-0.39, 0.29) is 11.4 Å². The Morgan fingerprint density at radius 1 is 1.12 bits per heavy atom. The minimum Gasteiger partial charge on any atom is -0.309 e. The second-order valence-electron chi connectivity index (χ2n) is 5.55. The van der Waals surface area contributed by atoms with Crippen molar-refractivity contribution in [3.63, 3.8) is 0 Å². The minimum atomic E-state index is -3.75. The van der Waals surface area contributed by atoms with Crippen LogP contribution in [0.4, 0.5) is 11.5 Å². The van der Waals surface area contributed by atoms with Crippen LogP contribution >= 0.6 is 15.9 Å². The van der Waals surface area contributed by atoms with Gasteiger partial charge in [-0.05, 0) is 45.6 Å². The predicted molar refractivity (Wildman–Crippen MR) is 99.0 cm³/mol. The quantitative estimate of drug-likeness (QED) is 0.709. The molecule has 126 valence electrons. The van der Waals surface area contributed by atoms with Crippen LogP contribution in [0.5, 0.6) is 0 Å². The largest absolute Gasteiger partial charge is 0.309 e. The maximum Gasteiger partial charge on any atom is 0.265 e. The molecule has 1 amide bonds. The minimum absolute atomic E-state index is 0.232. The van der Waals surface area contributed by atoms with Gasteiger partial charge < -0.3 is 5.32 Å². The number of benzene rings is 2. The maximum atomic E-state index is 12.8. The van der Waals surface area contributed by atoms with E-state index < -0.39 is 15.9 Å². The van der Waals surface area contributed by atoms with Gasteiger partial charge in [-0.3, -0.25) is 9.10 Å². The molecule has 1 aliphatic rings. The van der Waals surface area contributed by atoms with E-state index in [1.165, 1.54) is 0 Å². The third kappa shape index (κ3) is 2.67. The molecule has 8 heteroatoms. The molecule has 0 saturated heterocycles. The summed E-state index contributed by atoms with van der Waals surface area (Å²) in [6.07, 6.45) is 1.55. The summed E-state index contributed by atoms with van der Waals surface area (Å²) in [5.74, 6) is -0.0938. The van der Waals surface area contributed by atoms with Crippen molar-refractivity contribution in [3.05, 3.63) is 59.2 Å². The molecule has 1 aliphatic heterocycles. The average molecular weight is 418 g/mol. The normalized spacial score (nSPS) is 14.7. The first kappa shape index (κ1) is 16.0. The van der Waals surface area contributed by atoms with E-state index in [4.69, 9.17) is 0 Å². The molecule has 0 aliphatic carbocycles. The second kappa shape index (κ2) is 5.82. The van der Waals surface area contributed by atoms with E-state index in [2.05, 4.69) is 26.2 Å². The molecule has 0 spiro atoms. The van der Waals surface area contributed by atoms with Crippen molar-refractivity contribution in [1.29, 1.82) is 0 Å². The summed E-state index contributed by atoms with van der Waals surface area (Å²) < 4.78 is 27.6. The van der Waals surface area contributed by atoms with Gasteiger partial charge in [-0.2, -0.15) is 0 Å². The number of hydrogen-bond donors (Lipinski definition) is 1. The number of amides is 1. The Labute approximate surface area is 152 Å². The summed E-state index contributed by atoms with van der Waals surface area (Å²) in [7, 11) is -3.75. The number of nitrogens with one attached hydrogen (secondary N) is 1. The summed E-state index contributed by atoms with van der Waals surface area (Å²) in [5, 5.41) is 4.10. The number of nitrogens with zero attached hydrogens (tertiary/aromatic N) is 2. The molecule has 1 aromatic heterocycles. The van der Waals surface area contributed by atoms with Gasteiger partial charge in [0, 0.05) is 16.1 Å². The lowest BCUT2D eigenvalue weighted by molar-refractivity contribution is -0.114. The Morgan fingerprint density at radius 2 is 1.88 bits per heavy atom. The average Bonchev–Trinajstić information content (AvgIpc) is 2.81. The number of rotatable bonds is 3. The van der Waals surface area contributed by atoms with E-state index in [1.807, 2.05) is 12.1 Å². The number of pyridine rings is 1. The molecule has 0 atom stereocenters. The molecule has 0 bridgehead atoms. The van der Waals surface area contributed by atoms with E-state index >= 15 is 0 Å². The highest BCUT2D eigenvalue weighted by Gasteiger charge is 2.36. The molecule has 2 aromatic carbocycles. The number of aromatic nitrogens is 1. The molecule has 0 fully saturated rings. The molecular formula is C17H12BrN3O3S. The van der Waals surface area contributed by atoms with Crippen LogP contribution in [0.25, 0.3) is 10.8 Å². The number of sulfonamides is 1. The van der Waals surface area contributed by atoms with Crippen molar-refractivity contribution in [3.8, 4) is 0 Å². The van der Waals surface area contributed by atoms with Gasteiger partial charge in [0.05, 0.1) is 10.6 Å². The van der Waals surface area contributed by atoms with Crippen molar-refractivity contribution in [2.75, 3.05) is 16.2 Å². The molecule has 0 radical (unpaired) electrons. The SMILES string of the molecule is O=C(CN1c2cccc3cccc(c23)S1(=O)=O)Nc1ccc(Br)cn1. The fraction of sp³-hybridized carbons (Fsp3) is 0.0588. The van der Waals surface area contributed by atoms with Crippen LogP contribution in [0.15, 0.2) is 64.1 Å². The first-order valence-electron chi connectivity index (χ1n) is 7.43. The standard InChI is InChI=1S/C17H12BrN3O3S/c18-12-7-8-15(19-9-12)20-16(22)10-21-13-5-1-3-11-4-2-6-14(17(11)13)25(21,23)24/h1-9H,10H2,(H,19,20,22). The van der Waals surface area contributed by atoms with Crippen LogP contribution in [0.1, 0.15) is 0 Å². The third-order valence-corrected chi connectivity index (χ3v) is 6.23. The van der Waals surface area contributed by atoms with E-state index in [0.717, 1.165) is 14.2 Å². The van der Waals surface area contributed by atoms with Gasteiger partial charge in [0.2, 0.25) is 5.91 Å². The van der Waals surface area contributed by atoms with Crippen LogP contribution in [-0.4, -0.2) is 25.9 Å². The van der Waals surface area contributed by atoms with Crippen LogP contribution in [0, 0.1) is 0 Å². The second-order valence-corrected chi connectivity index (χ2v) is 8.30. The Kier molecular flexibility index (Phi) is 3.73. The van der Waals surface area contributed by atoms with Gasteiger partial charge in [-0.15, -0.1) is 0 Å². The predicted octanol–water partition coefficient (Wildman–Crippen LogP) is 3.14. The van der Waals surface area contributed by atoms with Crippen molar-refractivity contribution < 1.29 is 13.2 Å². The Morgan fingerprint density at radius 3 is 2.60 bits per heavy atom. The number of carbonyl (C=O) groups is 1. The lowest BCUT2D eigenvalue weighted by atomic mass is 10.1. The van der Waals surface area contributed by atoms with Crippen molar-refractivity contribution in [2.45, 2.75) is 4.90 Å². The van der Waals surface area contributed by atoms with Crippen LogP contribution in [-0.2, 0) is 14.8 Å². The number of carbonyl (C=O) groups excluding carboxylic acids is 1. The first-order valence-corrected chi connectivity index (χ1v) is 9.66. The summed E-state index contributed by atoms with van der Waals surface area (Å²) in [6, 6.07) is 13.8. The number of anilines is 2. The molecule has 3 aromatic rings. The fourth-order valence-corrected chi connectivity index (χ4v) is 4.79. The molecule has 1 N–H and O–H groups in total. The van der Waals surface area contributed by atoms with Crippen molar-refractivity contribution >= 4 is 54.1 Å². The van der Waals surface area contributed by atoms with Crippen molar-refractivity contribution in [1.82, 2.24) is 4.98 Å². The highest BCUT2D eigenvalue weighted by Crippen LogP contribution is 2.41. The lowest BCUT2D eigenvalue weighted by Gasteiger charge is -2.18. The fourth-order valence-electron chi connectivity index (χ4n) is 2.89. The maximum absolute atomic E-state index is 12.8.